The van der Waals surface area contributed by atoms with Crippen molar-refractivity contribution in [2.45, 2.75) is 25.5 Å². The molecule has 2 aromatic rings. The molecule has 1 atom stereocenters. The number of hydroxylamine groups is 1. The van der Waals surface area contributed by atoms with Crippen LogP contribution in [0, 0.1) is 0 Å². The lowest BCUT2D eigenvalue weighted by molar-refractivity contribution is -0.136. The van der Waals surface area contributed by atoms with E-state index in [1.54, 1.807) is 0 Å². The number of rotatable bonds is 9. The molecule has 25 heavy (non-hydrogen) atoms. The topological polar surface area (TPSA) is 93.5 Å². The second kappa shape index (κ2) is 10.2. The van der Waals surface area contributed by atoms with Crippen molar-refractivity contribution in [1.82, 2.24) is 10.8 Å². The van der Waals surface area contributed by atoms with E-state index in [1.807, 2.05) is 60.7 Å². The average Bonchev–Trinajstić information content (AvgIpc) is 2.66. The summed E-state index contributed by atoms with van der Waals surface area (Å²) in [7, 11) is 0. The van der Waals surface area contributed by atoms with Crippen LogP contribution in [0.2, 0.25) is 0 Å². The SMILES string of the molecule is N[C@@H](CNC(=O)CCc1ccccc1)C(=O)NOCc1ccccc1. The maximum atomic E-state index is 11.8. The zero-order chi connectivity index (χ0) is 17.9. The lowest BCUT2D eigenvalue weighted by atomic mass is 10.1. The number of aryl methyl sites for hydroxylation is 1. The molecule has 0 heterocycles. The summed E-state index contributed by atoms with van der Waals surface area (Å²) in [6.07, 6.45) is 0.997. The molecule has 2 aromatic carbocycles. The van der Waals surface area contributed by atoms with E-state index in [4.69, 9.17) is 10.6 Å². The van der Waals surface area contributed by atoms with Gasteiger partial charge in [0, 0.05) is 13.0 Å². The molecular weight excluding hydrogens is 318 g/mol. The van der Waals surface area contributed by atoms with Gasteiger partial charge >= 0.3 is 0 Å². The minimum atomic E-state index is -0.864. The molecule has 0 aliphatic rings. The lowest BCUT2D eigenvalue weighted by Gasteiger charge is -2.13. The van der Waals surface area contributed by atoms with Gasteiger partial charge in [-0.05, 0) is 17.5 Å². The van der Waals surface area contributed by atoms with Gasteiger partial charge < -0.3 is 11.1 Å². The van der Waals surface area contributed by atoms with E-state index in [0.717, 1.165) is 11.1 Å². The van der Waals surface area contributed by atoms with Crippen LogP contribution in [0.4, 0.5) is 0 Å². The van der Waals surface area contributed by atoms with Gasteiger partial charge in [-0.15, -0.1) is 0 Å². The van der Waals surface area contributed by atoms with E-state index in [1.165, 1.54) is 0 Å². The molecule has 0 aliphatic carbocycles. The third kappa shape index (κ3) is 7.15. The summed E-state index contributed by atoms with van der Waals surface area (Å²) in [4.78, 5) is 28.7. The van der Waals surface area contributed by atoms with Crippen molar-refractivity contribution in [3.05, 3.63) is 71.8 Å². The summed E-state index contributed by atoms with van der Waals surface area (Å²) < 4.78 is 0. The summed E-state index contributed by atoms with van der Waals surface area (Å²) in [6, 6.07) is 18.3. The molecule has 0 saturated carbocycles. The highest BCUT2D eigenvalue weighted by atomic mass is 16.6. The second-order valence-corrected chi connectivity index (χ2v) is 5.64. The Morgan fingerprint density at radius 3 is 2.20 bits per heavy atom. The van der Waals surface area contributed by atoms with Gasteiger partial charge in [-0.1, -0.05) is 60.7 Å². The van der Waals surface area contributed by atoms with Crippen LogP contribution in [0.5, 0.6) is 0 Å². The Kier molecular flexibility index (Phi) is 7.62. The zero-order valence-electron chi connectivity index (χ0n) is 14.0. The normalized spacial score (nSPS) is 11.6. The quantitative estimate of drug-likeness (QED) is 0.600. The number of amides is 2. The van der Waals surface area contributed by atoms with Crippen LogP contribution in [0.1, 0.15) is 17.5 Å². The van der Waals surface area contributed by atoms with Gasteiger partial charge in [0.25, 0.3) is 5.91 Å². The first-order chi connectivity index (χ1) is 12.1. The Morgan fingerprint density at radius 2 is 1.56 bits per heavy atom. The maximum Gasteiger partial charge on any atom is 0.262 e. The van der Waals surface area contributed by atoms with Crippen molar-refractivity contribution in [3.63, 3.8) is 0 Å². The molecule has 2 amide bonds. The largest absolute Gasteiger partial charge is 0.354 e. The number of benzene rings is 2. The van der Waals surface area contributed by atoms with E-state index in [0.29, 0.717) is 12.8 Å². The summed E-state index contributed by atoms with van der Waals surface area (Å²) in [5, 5.41) is 2.66. The van der Waals surface area contributed by atoms with E-state index >= 15 is 0 Å². The molecule has 0 aliphatic heterocycles. The van der Waals surface area contributed by atoms with E-state index in [9.17, 15) is 9.59 Å². The Hall–Kier alpha value is -2.70. The molecule has 0 unspecified atom stereocenters. The van der Waals surface area contributed by atoms with Crippen LogP contribution in [-0.2, 0) is 27.5 Å². The van der Waals surface area contributed by atoms with Gasteiger partial charge in [0.2, 0.25) is 5.91 Å². The van der Waals surface area contributed by atoms with Crippen molar-refractivity contribution in [1.29, 1.82) is 0 Å². The monoisotopic (exact) mass is 341 g/mol. The average molecular weight is 341 g/mol. The van der Waals surface area contributed by atoms with Crippen LogP contribution in [0.15, 0.2) is 60.7 Å². The standard InChI is InChI=1S/C19H23N3O3/c20-17(19(24)22-25-14-16-9-5-2-6-10-16)13-21-18(23)12-11-15-7-3-1-4-8-15/h1-10,17H,11-14,20H2,(H,21,23)(H,22,24)/t17-/m0/s1. The van der Waals surface area contributed by atoms with Crippen LogP contribution in [0.3, 0.4) is 0 Å². The highest BCUT2D eigenvalue weighted by Gasteiger charge is 2.14. The van der Waals surface area contributed by atoms with E-state index in [2.05, 4.69) is 10.8 Å². The highest BCUT2D eigenvalue weighted by molar-refractivity contribution is 5.82. The van der Waals surface area contributed by atoms with Gasteiger partial charge in [-0.2, -0.15) is 0 Å². The molecule has 6 heteroatoms. The van der Waals surface area contributed by atoms with Crippen molar-refractivity contribution in [2.75, 3.05) is 6.54 Å². The van der Waals surface area contributed by atoms with Crippen LogP contribution < -0.4 is 16.5 Å². The van der Waals surface area contributed by atoms with Crippen molar-refractivity contribution >= 4 is 11.8 Å². The maximum absolute atomic E-state index is 11.8. The first-order valence-corrected chi connectivity index (χ1v) is 8.17. The molecule has 0 radical (unpaired) electrons. The second-order valence-electron chi connectivity index (χ2n) is 5.64. The smallest absolute Gasteiger partial charge is 0.262 e. The lowest BCUT2D eigenvalue weighted by Crippen LogP contribution is -2.47. The first kappa shape index (κ1) is 18.6. The molecule has 132 valence electrons. The zero-order valence-corrected chi connectivity index (χ0v) is 14.0. The molecule has 2 rings (SSSR count). The predicted octanol–water partition coefficient (Wildman–Crippen LogP) is 1.31. The molecule has 0 bridgehead atoms. The minimum Gasteiger partial charge on any atom is -0.354 e. The number of nitrogens with two attached hydrogens (primary N) is 1. The van der Waals surface area contributed by atoms with E-state index < -0.39 is 11.9 Å². The molecular formula is C19H23N3O3. The number of nitrogens with one attached hydrogen (secondary N) is 2. The summed E-state index contributed by atoms with van der Waals surface area (Å²) in [6.45, 7) is 0.316. The summed E-state index contributed by atoms with van der Waals surface area (Å²) in [5.41, 5.74) is 10.1. The molecule has 4 N–H and O–H groups in total. The Labute approximate surface area is 147 Å². The Balaban J connectivity index is 1.61. The molecule has 0 saturated heterocycles. The highest BCUT2D eigenvalue weighted by Crippen LogP contribution is 2.02. The third-order valence-corrected chi connectivity index (χ3v) is 3.59. The predicted molar refractivity (Wildman–Crippen MR) is 95.1 cm³/mol. The fourth-order valence-corrected chi connectivity index (χ4v) is 2.15. The van der Waals surface area contributed by atoms with E-state index in [-0.39, 0.29) is 19.1 Å². The molecule has 0 fully saturated rings. The minimum absolute atomic E-state index is 0.0636. The summed E-state index contributed by atoms with van der Waals surface area (Å²) in [5.74, 6) is -0.614. The van der Waals surface area contributed by atoms with Gasteiger partial charge in [0.15, 0.2) is 0 Å². The van der Waals surface area contributed by atoms with Gasteiger partial charge in [-0.3, -0.25) is 14.4 Å². The van der Waals surface area contributed by atoms with Crippen LogP contribution in [-0.4, -0.2) is 24.4 Å². The summed E-state index contributed by atoms with van der Waals surface area (Å²) >= 11 is 0. The third-order valence-electron chi connectivity index (χ3n) is 3.59. The molecule has 0 spiro atoms. The number of hydrogen-bond acceptors (Lipinski definition) is 4. The molecule has 6 nitrogen and oxygen atoms in total. The van der Waals surface area contributed by atoms with Crippen LogP contribution >= 0.6 is 0 Å². The van der Waals surface area contributed by atoms with Crippen molar-refractivity contribution < 1.29 is 14.4 Å². The fraction of sp³-hybridized carbons (Fsp3) is 0.263. The number of carbonyl (C=O) groups is 2. The fourth-order valence-electron chi connectivity index (χ4n) is 2.15. The molecule has 0 aromatic heterocycles. The van der Waals surface area contributed by atoms with Crippen molar-refractivity contribution in [3.8, 4) is 0 Å². The number of hydrogen-bond donors (Lipinski definition) is 3. The van der Waals surface area contributed by atoms with Gasteiger partial charge in [0.05, 0.1) is 6.61 Å². The van der Waals surface area contributed by atoms with Crippen molar-refractivity contribution in [2.24, 2.45) is 5.73 Å². The first-order valence-electron chi connectivity index (χ1n) is 8.17. The van der Waals surface area contributed by atoms with Gasteiger partial charge in [-0.25, -0.2) is 5.48 Å². The number of carbonyl (C=O) groups excluding carboxylic acids is 2. The Morgan fingerprint density at radius 1 is 0.960 bits per heavy atom. The van der Waals surface area contributed by atoms with Crippen LogP contribution in [0.25, 0.3) is 0 Å². The Bertz CT molecular complexity index is 662. The van der Waals surface area contributed by atoms with Gasteiger partial charge in [0.1, 0.15) is 6.04 Å².